The molecule has 1 heterocycles. The minimum Gasteiger partial charge on any atom is -0.348 e. The van der Waals surface area contributed by atoms with Gasteiger partial charge in [-0.15, -0.1) is 0 Å². The summed E-state index contributed by atoms with van der Waals surface area (Å²) >= 11 is 0. The van der Waals surface area contributed by atoms with E-state index < -0.39 is 23.6 Å². The molecular weight excluding hydrogens is 280 g/mol. The lowest BCUT2D eigenvalue weighted by Crippen LogP contribution is -2.50. The summed E-state index contributed by atoms with van der Waals surface area (Å²) in [5.41, 5.74) is 1.15. The van der Waals surface area contributed by atoms with Crippen molar-refractivity contribution in [1.29, 1.82) is 0 Å². The normalized spacial score (nSPS) is 18.1. The van der Waals surface area contributed by atoms with Crippen LogP contribution in [0.15, 0.2) is 29.5 Å². The van der Waals surface area contributed by atoms with Crippen LogP contribution in [0.4, 0.5) is 13.6 Å². The van der Waals surface area contributed by atoms with Gasteiger partial charge in [-0.25, -0.2) is 13.6 Å². The van der Waals surface area contributed by atoms with Crippen LogP contribution in [0.1, 0.15) is 19.4 Å². The van der Waals surface area contributed by atoms with Gasteiger partial charge in [-0.05, 0) is 31.5 Å². The molecule has 5 nitrogen and oxygen atoms in total. The summed E-state index contributed by atoms with van der Waals surface area (Å²) in [6.07, 6.45) is 0. The first-order valence-electron chi connectivity index (χ1n) is 6.38. The van der Waals surface area contributed by atoms with Crippen molar-refractivity contribution in [2.75, 3.05) is 0 Å². The van der Waals surface area contributed by atoms with Crippen LogP contribution in [-0.4, -0.2) is 18.0 Å². The summed E-state index contributed by atoms with van der Waals surface area (Å²) in [4.78, 5) is 23.4. The zero-order chi connectivity index (χ0) is 15.6. The van der Waals surface area contributed by atoms with Gasteiger partial charge in [-0.3, -0.25) is 4.79 Å². The fraction of sp³-hybridized carbons (Fsp3) is 0.286. The van der Waals surface area contributed by atoms with E-state index in [1.165, 1.54) is 0 Å². The van der Waals surface area contributed by atoms with Gasteiger partial charge in [-0.1, -0.05) is 0 Å². The van der Waals surface area contributed by atoms with Crippen LogP contribution >= 0.6 is 0 Å². The Morgan fingerprint density at radius 2 is 1.90 bits per heavy atom. The summed E-state index contributed by atoms with van der Waals surface area (Å²) in [7, 11) is 0. The molecule has 2 rings (SSSR count). The Hall–Kier alpha value is -2.44. The number of urea groups is 1. The van der Waals surface area contributed by atoms with E-state index >= 15 is 0 Å². The molecule has 0 fully saturated rings. The monoisotopic (exact) mass is 295 g/mol. The summed E-state index contributed by atoms with van der Waals surface area (Å²) in [6, 6.07) is 2.25. The molecule has 0 bridgehead atoms. The number of benzene rings is 1. The average Bonchev–Trinajstić information content (AvgIpc) is 2.34. The first-order chi connectivity index (χ1) is 9.86. The van der Waals surface area contributed by atoms with Gasteiger partial charge in [0.25, 0.3) is 5.91 Å². The highest BCUT2D eigenvalue weighted by Crippen LogP contribution is 2.13. The van der Waals surface area contributed by atoms with Crippen molar-refractivity contribution >= 4 is 11.9 Å². The Morgan fingerprint density at radius 1 is 1.29 bits per heavy atom. The summed E-state index contributed by atoms with van der Waals surface area (Å²) in [5.74, 6) is -1.80. The molecule has 0 unspecified atom stereocenters. The highest BCUT2D eigenvalue weighted by molar-refractivity contribution is 5.98. The predicted molar refractivity (Wildman–Crippen MR) is 72.0 cm³/mol. The third-order valence-electron chi connectivity index (χ3n) is 3.11. The van der Waals surface area contributed by atoms with Gasteiger partial charge in [0.2, 0.25) is 0 Å². The summed E-state index contributed by atoms with van der Waals surface area (Å²) in [5, 5.41) is 7.65. The molecule has 1 atom stereocenters. The minimum atomic E-state index is -0.699. The molecule has 3 amide bonds. The Kier molecular flexibility index (Phi) is 4.21. The van der Waals surface area contributed by atoms with Gasteiger partial charge in [-0.2, -0.15) is 0 Å². The van der Waals surface area contributed by atoms with Crippen molar-refractivity contribution in [3.8, 4) is 0 Å². The number of rotatable bonds is 3. The van der Waals surface area contributed by atoms with E-state index in [-0.39, 0.29) is 12.6 Å². The number of carbonyl (C=O) groups is 2. The van der Waals surface area contributed by atoms with E-state index in [4.69, 9.17) is 0 Å². The first-order valence-corrected chi connectivity index (χ1v) is 6.38. The van der Waals surface area contributed by atoms with E-state index in [0.29, 0.717) is 16.8 Å². The van der Waals surface area contributed by atoms with E-state index in [0.717, 1.165) is 18.2 Å². The molecule has 1 aliphatic heterocycles. The van der Waals surface area contributed by atoms with E-state index in [2.05, 4.69) is 16.0 Å². The summed E-state index contributed by atoms with van der Waals surface area (Å²) < 4.78 is 26.1. The van der Waals surface area contributed by atoms with Gasteiger partial charge in [0.1, 0.15) is 11.6 Å². The Labute approximate surface area is 120 Å². The molecule has 1 aliphatic rings. The third-order valence-corrected chi connectivity index (χ3v) is 3.11. The van der Waals surface area contributed by atoms with Crippen molar-refractivity contribution < 1.29 is 18.4 Å². The Balaban J connectivity index is 2.08. The van der Waals surface area contributed by atoms with Crippen LogP contribution in [-0.2, 0) is 11.3 Å². The fourth-order valence-corrected chi connectivity index (χ4v) is 2.22. The van der Waals surface area contributed by atoms with Crippen LogP contribution in [0, 0.1) is 11.6 Å². The molecule has 1 aromatic carbocycles. The van der Waals surface area contributed by atoms with Crippen LogP contribution in [0.25, 0.3) is 0 Å². The molecular formula is C14H15F2N3O2. The molecule has 1 aromatic rings. The maximum Gasteiger partial charge on any atom is 0.319 e. The zero-order valence-electron chi connectivity index (χ0n) is 11.6. The van der Waals surface area contributed by atoms with Gasteiger partial charge in [0, 0.05) is 18.3 Å². The maximum absolute atomic E-state index is 13.1. The average molecular weight is 295 g/mol. The Morgan fingerprint density at radius 3 is 2.48 bits per heavy atom. The Bertz CT molecular complexity index is 608. The van der Waals surface area contributed by atoms with E-state index in [1.807, 2.05) is 0 Å². The molecule has 0 aromatic heterocycles. The molecule has 0 aliphatic carbocycles. The number of carbonyl (C=O) groups excluding carboxylic acids is 2. The SMILES string of the molecule is CC1=C(C(=O)NCc2cc(F)cc(F)c2)[C@H](C)NC(=O)N1. The van der Waals surface area contributed by atoms with Crippen molar-refractivity contribution in [2.45, 2.75) is 26.4 Å². The molecule has 7 heteroatoms. The fourth-order valence-electron chi connectivity index (χ4n) is 2.22. The molecule has 3 N–H and O–H groups in total. The van der Waals surface area contributed by atoms with Crippen molar-refractivity contribution in [3.63, 3.8) is 0 Å². The molecule has 0 radical (unpaired) electrons. The number of amides is 3. The second-order valence-corrected chi connectivity index (χ2v) is 4.82. The van der Waals surface area contributed by atoms with Gasteiger partial charge < -0.3 is 16.0 Å². The molecule has 0 spiro atoms. The lowest BCUT2D eigenvalue weighted by atomic mass is 10.0. The highest BCUT2D eigenvalue weighted by Gasteiger charge is 2.26. The number of allylic oxidation sites excluding steroid dienone is 1. The van der Waals surface area contributed by atoms with Gasteiger partial charge >= 0.3 is 6.03 Å². The molecule has 0 saturated carbocycles. The lowest BCUT2D eigenvalue weighted by Gasteiger charge is -2.25. The van der Waals surface area contributed by atoms with Crippen LogP contribution in [0.2, 0.25) is 0 Å². The molecule has 112 valence electrons. The minimum absolute atomic E-state index is 0.00897. The van der Waals surface area contributed by atoms with Crippen LogP contribution in [0.5, 0.6) is 0 Å². The highest BCUT2D eigenvalue weighted by atomic mass is 19.1. The topological polar surface area (TPSA) is 70.2 Å². The van der Waals surface area contributed by atoms with Crippen molar-refractivity contribution in [2.24, 2.45) is 0 Å². The second-order valence-electron chi connectivity index (χ2n) is 4.82. The maximum atomic E-state index is 13.1. The van der Waals surface area contributed by atoms with Crippen LogP contribution in [0.3, 0.4) is 0 Å². The predicted octanol–water partition coefficient (Wildman–Crippen LogP) is 1.56. The number of halogens is 2. The number of hydrogen-bond acceptors (Lipinski definition) is 2. The molecule has 0 saturated heterocycles. The van der Waals surface area contributed by atoms with Gasteiger partial charge in [0.15, 0.2) is 0 Å². The van der Waals surface area contributed by atoms with Crippen molar-refractivity contribution in [1.82, 2.24) is 16.0 Å². The van der Waals surface area contributed by atoms with E-state index in [1.54, 1.807) is 13.8 Å². The quantitative estimate of drug-likeness (QED) is 0.792. The standard InChI is InChI=1S/C14H15F2N3O2/c1-7-12(8(2)19-14(21)18-7)13(20)17-6-9-3-10(15)5-11(16)4-9/h3-5,7H,6H2,1-2H3,(H,17,20)(H2,18,19,21)/t7-/m0/s1. The zero-order valence-corrected chi connectivity index (χ0v) is 11.6. The van der Waals surface area contributed by atoms with E-state index in [9.17, 15) is 18.4 Å². The molecule has 21 heavy (non-hydrogen) atoms. The third kappa shape index (κ3) is 3.56. The smallest absolute Gasteiger partial charge is 0.319 e. The summed E-state index contributed by atoms with van der Waals surface area (Å²) in [6.45, 7) is 3.29. The van der Waals surface area contributed by atoms with Crippen LogP contribution < -0.4 is 16.0 Å². The second kappa shape index (κ2) is 5.90. The van der Waals surface area contributed by atoms with Gasteiger partial charge in [0.05, 0.1) is 11.6 Å². The largest absolute Gasteiger partial charge is 0.348 e. The number of hydrogen-bond donors (Lipinski definition) is 3. The first kappa shape index (κ1) is 15.0. The number of nitrogens with one attached hydrogen (secondary N) is 3. The van der Waals surface area contributed by atoms with Crippen molar-refractivity contribution in [3.05, 3.63) is 46.7 Å². The lowest BCUT2D eigenvalue weighted by molar-refractivity contribution is -0.118.